The molecule has 2 aliphatic heterocycles. The summed E-state index contributed by atoms with van der Waals surface area (Å²) in [6.07, 6.45) is -14.0. The predicted octanol–water partition coefficient (Wildman–Crippen LogP) is 16.5. The van der Waals surface area contributed by atoms with Gasteiger partial charge < -0.3 is 20.9 Å². The molecule has 584 valence electrons. The molecule has 0 bridgehead atoms. The first-order valence-corrected chi connectivity index (χ1v) is 33.9. The van der Waals surface area contributed by atoms with Crippen LogP contribution in [0.2, 0.25) is 10.0 Å². The van der Waals surface area contributed by atoms with E-state index in [0.29, 0.717) is 31.6 Å². The lowest BCUT2D eigenvalue weighted by atomic mass is 9.75. The molecule has 0 saturated heterocycles. The van der Waals surface area contributed by atoms with Crippen molar-refractivity contribution < 1.29 is 90.1 Å². The van der Waals surface area contributed by atoms with Crippen molar-refractivity contribution in [1.29, 1.82) is 0 Å². The summed E-state index contributed by atoms with van der Waals surface area (Å²) in [5, 5.41) is 15.2. The Bertz CT molecular complexity index is 4730. The Balaban J connectivity index is 0.000000230. The fourth-order valence-electron chi connectivity index (χ4n) is 13.3. The number of hydrogen-bond acceptors (Lipinski definition) is 16. The standard InChI is InChI=1S/2C35H34ClF7N8O3.CH4/c1-32(2,3)17-34(21-7-4-19(5-8-21)23-10-13-49(48-23)30(39)40)29(53)50(31(44)47-34)25(16-54-26(52)15-33(11-12-33)35(41,42)43)20-6-9-22(36)24(14-20)51-28(27(37)38)45-18-46-51;1-32(2,3)17-34(21-7-4-19(5-8-21)23-10-13-46-51(23)30(39)40)29(53)49(31(44)48-34)25(16-54-26(52)15-33(11-12-33)35(41,42)43)20-6-9-22(36)24(14-20)50-28(27(37)38)45-18-47-50;/h4-10,13-14,18,25,27,30H,11-12,15-17H2,1-3H3,(H2,44,47);4-10,13-14,18,25,27,30H,11-12,15-17H2,1-3H3,(H2,44,48);1H4/t2*25-,34-;/m11./s1. The number of alkyl halides is 14. The van der Waals surface area contributed by atoms with Gasteiger partial charge in [0.2, 0.25) is 0 Å². The lowest BCUT2D eigenvalue weighted by Crippen LogP contribution is -2.47. The number of nitrogens with two attached hydrogens (primary N) is 2. The predicted molar refractivity (Wildman–Crippen MR) is 368 cm³/mol. The minimum Gasteiger partial charge on any atom is -0.463 e. The zero-order valence-corrected chi connectivity index (χ0v) is 59.5. The molecule has 2 aliphatic carbocycles. The second-order valence-corrected chi connectivity index (χ2v) is 29.7. The number of aliphatic imine (C=N–C) groups is 2. The molecule has 4 aromatic heterocycles. The van der Waals surface area contributed by atoms with Crippen LogP contribution in [-0.4, -0.2) is 120 Å². The molecule has 6 heterocycles. The number of halogens is 16. The van der Waals surface area contributed by atoms with Crippen molar-refractivity contribution in [3.63, 3.8) is 0 Å². The molecular weight excluding hydrogens is 1510 g/mol. The highest BCUT2D eigenvalue weighted by Gasteiger charge is 2.65. The van der Waals surface area contributed by atoms with E-state index in [1.54, 1.807) is 36.4 Å². The molecule has 2 fully saturated rings. The van der Waals surface area contributed by atoms with Crippen LogP contribution in [0.5, 0.6) is 0 Å². The van der Waals surface area contributed by atoms with Crippen molar-refractivity contribution in [2.75, 3.05) is 13.2 Å². The van der Waals surface area contributed by atoms with Gasteiger partial charge in [-0.1, -0.05) is 133 Å². The van der Waals surface area contributed by atoms with Crippen LogP contribution < -0.4 is 11.5 Å². The Kier molecular flexibility index (Phi) is 22.8. The van der Waals surface area contributed by atoms with E-state index in [0.717, 1.165) is 38.0 Å². The van der Waals surface area contributed by atoms with Gasteiger partial charge in [0.05, 0.1) is 68.6 Å². The first-order chi connectivity index (χ1) is 50.5. The number of amides is 2. The molecule has 4 atom stereocenters. The maximum atomic E-state index is 14.9. The highest BCUT2D eigenvalue weighted by molar-refractivity contribution is 6.32. The third-order valence-corrected chi connectivity index (χ3v) is 19.4. The molecular formula is C71H72Cl2F14N16O6. The van der Waals surface area contributed by atoms with E-state index in [2.05, 4.69) is 40.3 Å². The molecule has 22 nitrogen and oxygen atoms in total. The lowest BCUT2D eigenvalue weighted by molar-refractivity contribution is -0.195. The number of ether oxygens (including phenoxy) is 2. The number of guanidine groups is 2. The summed E-state index contributed by atoms with van der Waals surface area (Å²) in [5.41, 5.74) is 6.03. The second kappa shape index (κ2) is 30.5. The van der Waals surface area contributed by atoms with Crippen LogP contribution in [0.3, 0.4) is 0 Å². The number of rotatable bonds is 24. The van der Waals surface area contributed by atoms with Crippen molar-refractivity contribution in [1.82, 2.24) is 58.9 Å². The molecule has 0 unspecified atom stereocenters. The summed E-state index contributed by atoms with van der Waals surface area (Å²) in [5.74, 6) is -5.91. The number of carbonyl (C=O) groups excluding carboxylic acids is 4. The van der Waals surface area contributed by atoms with Gasteiger partial charge in [0.1, 0.15) is 25.9 Å². The minimum atomic E-state index is -4.64. The van der Waals surface area contributed by atoms with Crippen LogP contribution >= 0.6 is 23.2 Å². The summed E-state index contributed by atoms with van der Waals surface area (Å²) in [6, 6.07) is 20.6. The molecule has 4 N–H and O–H groups in total. The van der Waals surface area contributed by atoms with E-state index in [-0.39, 0.29) is 102 Å². The summed E-state index contributed by atoms with van der Waals surface area (Å²) in [6.45, 7) is 3.96. The smallest absolute Gasteiger partial charge is 0.395 e. The maximum absolute atomic E-state index is 14.9. The first kappa shape index (κ1) is 81.5. The number of benzene rings is 4. The molecule has 0 radical (unpaired) electrons. The average molecular weight is 1580 g/mol. The largest absolute Gasteiger partial charge is 0.463 e. The lowest BCUT2D eigenvalue weighted by Gasteiger charge is -2.35. The highest BCUT2D eigenvalue weighted by Crippen LogP contribution is 2.61. The van der Waals surface area contributed by atoms with Gasteiger partial charge in [-0.25, -0.2) is 56.2 Å². The van der Waals surface area contributed by atoms with Crippen molar-refractivity contribution in [3.05, 3.63) is 166 Å². The Morgan fingerprint density at radius 3 is 1.30 bits per heavy atom. The number of esters is 2. The van der Waals surface area contributed by atoms with E-state index in [9.17, 15) is 80.6 Å². The number of aromatic nitrogens is 10. The van der Waals surface area contributed by atoms with Crippen molar-refractivity contribution in [2.45, 2.75) is 162 Å². The van der Waals surface area contributed by atoms with Crippen LogP contribution in [-0.2, 0) is 39.7 Å². The van der Waals surface area contributed by atoms with E-state index in [1.807, 2.05) is 41.5 Å². The summed E-state index contributed by atoms with van der Waals surface area (Å²) in [7, 11) is 0. The quantitative estimate of drug-likeness (QED) is 0.0421. The molecule has 2 saturated carbocycles. The van der Waals surface area contributed by atoms with Crippen molar-refractivity contribution in [3.8, 4) is 33.9 Å². The van der Waals surface area contributed by atoms with E-state index in [4.69, 9.17) is 44.1 Å². The first-order valence-electron chi connectivity index (χ1n) is 33.2. The zero-order chi connectivity index (χ0) is 78.8. The molecule has 38 heteroatoms. The fourth-order valence-corrected chi connectivity index (χ4v) is 13.7. The molecule has 4 aliphatic rings. The van der Waals surface area contributed by atoms with Gasteiger partial charge in [0.25, 0.3) is 24.7 Å². The van der Waals surface area contributed by atoms with Crippen molar-refractivity contribution >= 4 is 58.9 Å². The van der Waals surface area contributed by atoms with Gasteiger partial charge in [-0.05, 0) is 108 Å². The van der Waals surface area contributed by atoms with Gasteiger partial charge in [0, 0.05) is 23.5 Å². The zero-order valence-electron chi connectivity index (χ0n) is 58.0. The fraction of sp³-hybridized carbons (Fsp3) is 0.437. The molecule has 109 heavy (non-hydrogen) atoms. The topological polar surface area (TPSA) is 267 Å². The minimum absolute atomic E-state index is 0. The van der Waals surface area contributed by atoms with Gasteiger partial charge in [-0.15, -0.1) is 0 Å². The summed E-state index contributed by atoms with van der Waals surface area (Å²) in [4.78, 5) is 74.3. The van der Waals surface area contributed by atoms with Gasteiger partial charge >= 0.3 is 37.4 Å². The van der Waals surface area contributed by atoms with Crippen LogP contribution in [0.4, 0.5) is 61.5 Å². The molecule has 4 aromatic carbocycles. The molecule has 0 spiro atoms. The molecule has 2 amide bonds. The SMILES string of the molecule is C.CC(C)(C)C[C@]1(c2ccc(-c3ccn(C(F)F)n3)cc2)N=C(N)N([C@H](COC(=O)CC2(C(F)(F)F)CC2)c2ccc(Cl)c(-n3ncnc3C(F)F)c2)C1=O.CC(C)(C)C[C@]1(c2ccc(-c3ccnn3C(F)F)cc2)N=C(N)N([C@H](COC(=O)CC2(C(F)(F)F)CC2)c2ccc(Cl)c(-n3ncnc3C(F)F)c2)C1=O. The van der Waals surface area contributed by atoms with E-state index < -0.39 is 145 Å². The van der Waals surface area contributed by atoms with E-state index >= 15 is 0 Å². The monoisotopic (exact) mass is 1580 g/mol. The number of hydrogen-bond donors (Lipinski definition) is 2. The Morgan fingerprint density at radius 2 is 0.954 bits per heavy atom. The Morgan fingerprint density at radius 1 is 0.550 bits per heavy atom. The average Bonchev–Trinajstić information content (AvgIpc) is 1.61. The second-order valence-electron chi connectivity index (χ2n) is 28.9. The van der Waals surface area contributed by atoms with Gasteiger partial charge in [-0.3, -0.25) is 29.0 Å². The van der Waals surface area contributed by atoms with Crippen LogP contribution in [0.1, 0.15) is 172 Å². The molecule has 8 aromatic rings. The van der Waals surface area contributed by atoms with E-state index in [1.165, 1.54) is 66.9 Å². The van der Waals surface area contributed by atoms with Crippen LogP contribution in [0, 0.1) is 21.7 Å². The maximum Gasteiger partial charge on any atom is 0.395 e. The Hall–Kier alpha value is -10.0. The number of nitrogens with zero attached hydrogens (tertiary/aromatic N) is 14. The van der Waals surface area contributed by atoms with Crippen LogP contribution in [0.25, 0.3) is 33.9 Å². The Labute approximate surface area is 623 Å². The van der Waals surface area contributed by atoms with Gasteiger partial charge in [-0.2, -0.15) is 64.3 Å². The van der Waals surface area contributed by atoms with Crippen molar-refractivity contribution in [2.24, 2.45) is 43.1 Å². The van der Waals surface area contributed by atoms with Gasteiger partial charge in [0.15, 0.2) is 34.6 Å². The highest BCUT2D eigenvalue weighted by atomic mass is 35.5. The summed E-state index contributed by atoms with van der Waals surface area (Å²) < 4.78 is 205. The normalized spacial score (nSPS) is 18.9. The third-order valence-electron chi connectivity index (χ3n) is 18.8. The van der Waals surface area contributed by atoms with Crippen LogP contribution in [0.15, 0.2) is 132 Å². The molecule has 12 rings (SSSR count). The summed E-state index contributed by atoms with van der Waals surface area (Å²) >= 11 is 12.8. The number of carbonyl (C=O) groups is 4. The third kappa shape index (κ3) is 16.6.